The van der Waals surface area contributed by atoms with Gasteiger partial charge in [-0.1, -0.05) is 18.2 Å². The van der Waals surface area contributed by atoms with E-state index in [1.54, 1.807) is 17.1 Å². The van der Waals surface area contributed by atoms with Crippen molar-refractivity contribution in [1.82, 2.24) is 19.6 Å². The van der Waals surface area contributed by atoms with Crippen LogP contribution in [0.5, 0.6) is 0 Å². The van der Waals surface area contributed by atoms with Crippen molar-refractivity contribution in [2.24, 2.45) is 0 Å². The van der Waals surface area contributed by atoms with Crippen molar-refractivity contribution in [3.8, 4) is 5.69 Å². The van der Waals surface area contributed by atoms with E-state index in [1.807, 2.05) is 48.0 Å². The van der Waals surface area contributed by atoms with Crippen LogP contribution in [0.15, 0.2) is 36.7 Å². The summed E-state index contributed by atoms with van der Waals surface area (Å²) in [6, 6.07) is 8.11. The number of likely N-dealkylation sites (N-methyl/N-ethyl adjacent to an activating group) is 1. The van der Waals surface area contributed by atoms with E-state index < -0.39 is 5.97 Å². The zero-order valence-electron chi connectivity index (χ0n) is 15.8. The zero-order chi connectivity index (χ0) is 19.4. The lowest BCUT2D eigenvalue weighted by atomic mass is 10.1. The smallest absolute Gasteiger partial charge is 0.317 e. The highest BCUT2D eigenvalue weighted by atomic mass is 16.4. The molecule has 1 aromatic carbocycles. The summed E-state index contributed by atoms with van der Waals surface area (Å²) in [5.74, 6) is -0.838. The zero-order valence-corrected chi connectivity index (χ0v) is 15.8. The third-order valence-electron chi connectivity index (χ3n) is 5.18. The number of aryl methyl sites for hydroxylation is 1. The highest BCUT2D eigenvalue weighted by molar-refractivity contribution is 5.93. The summed E-state index contributed by atoms with van der Waals surface area (Å²) in [7, 11) is 1.84. The van der Waals surface area contributed by atoms with Crippen molar-refractivity contribution < 1.29 is 14.7 Å². The van der Waals surface area contributed by atoms with Crippen LogP contribution in [-0.2, 0) is 4.79 Å². The van der Waals surface area contributed by atoms with Gasteiger partial charge in [-0.3, -0.25) is 14.5 Å². The first-order valence-electron chi connectivity index (χ1n) is 9.27. The fraction of sp³-hybridized carbons (Fsp3) is 0.450. The number of hydrogen-bond donors (Lipinski definition) is 1. The van der Waals surface area contributed by atoms with Crippen LogP contribution in [0.25, 0.3) is 5.69 Å². The topological polar surface area (TPSA) is 78.7 Å². The first kappa shape index (κ1) is 19.1. The van der Waals surface area contributed by atoms with E-state index in [0.29, 0.717) is 18.7 Å². The molecule has 1 atom stereocenters. The number of carbonyl (C=O) groups is 2. The summed E-state index contributed by atoms with van der Waals surface area (Å²) in [4.78, 5) is 27.5. The van der Waals surface area contributed by atoms with Crippen LogP contribution < -0.4 is 0 Å². The molecule has 1 aromatic heterocycles. The number of aliphatic carboxylic acids is 1. The lowest BCUT2D eigenvalue weighted by Gasteiger charge is -2.25. The Kier molecular flexibility index (Phi) is 5.91. The van der Waals surface area contributed by atoms with E-state index in [1.165, 1.54) is 0 Å². The molecule has 0 aliphatic carbocycles. The summed E-state index contributed by atoms with van der Waals surface area (Å²) in [6.45, 7) is 3.36. The normalized spacial score (nSPS) is 17.7. The van der Waals surface area contributed by atoms with Gasteiger partial charge in [0.25, 0.3) is 5.91 Å². The molecule has 0 saturated carbocycles. The second-order valence-corrected chi connectivity index (χ2v) is 7.15. The van der Waals surface area contributed by atoms with Gasteiger partial charge in [0.05, 0.1) is 24.0 Å². The van der Waals surface area contributed by atoms with Gasteiger partial charge in [0.2, 0.25) is 0 Å². The molecule has 2 aromatic rings. The van der Waals surface area contributed by atoms with Gasteiger partial charge in [-0.25, -0.2) is 4.68 Å². The van der Waals surface area contributed by atoms with Gasteiger partial charge in [0, 0.05) is 25.3 Å². The number of benzene rings is 1. The number of carboxylic acid groups (broad SMARTS) is 1. The molecule has 7 heteroatoms. The number of aromatic nitrogens is 2. The van der Waals surface area contributed by atoms with Gasteiger partial charge < -0.3 is 10.0 Å². The van der Waals surface area contributed by atoms with Gasteiger partial charge in [-0.15, -0.1) is 0 Å². The van der Waals surface area contributed by atoms with Crippen LogP contribution in [-0.4, -0.2) is 69.3 Å². The Hall–Kier alpha value is -2.67. The highest BCUT2D eigenvalue weighted by Gasteiger charge is 2.25. The molecular formula is C20H26N4O3. The van der Waals surface area contributed by atoms with Gasteiger partial charge in [-0.05, 0) is 44.9 Å². The maximum Gasteiger partial charge on any atom is 0.317 e. The van der Waals surface area contributed by atoms with Crippen LogP contribution in [0.4, 0.5) is 0 Å². The van der Waals surface area contributed by atoms with E-state index in [4.69, 9.17) is 5.11 Å². The van der Waals surface area contributed by atoms with E-state index in [0.717, 1.165) is 30.5 Å². The fourth-order valence-electron chi connectivity index (χ4n) is 3.63. The molecule has 7 nitrogen and oxygen atoms in total. The van der Waals surface area contributed by atoms with Crippen molar-refractivity contribution in [3.63, 3.8) is 0 Å². The molecule has 0 radical (unpaired) electrons. The Morgan fingerprint density at radius 1 is 1.26 bits per heavy atom. The Labute approximate surface area is 159 Å². The first-order chi connectivity index (χ1) is 13.0. The summed E-state index contributed by atoms with van der Waals surface area (Å²) in [6.07, 6.45) is 5.95. The van der Waals surface area contributed by atoms with Crippen LogP contribution in [0.2, 0.25) is 0 Å². The molecule has 1 unspecified atom stereocenters. The Morgan fingerprint density at radius 3 is 2.78 bits per heavy atom. The Bertz CT molecular complexity index is 817. The van der Waals surface area contributed by atoms with Crippen molar-refractivity contribution in [2.45, 2.75) is 32.2 Å². The van der Waals surface area contributed by atoms with E-state index in [-0.39, 0.29) is 18.5 Å². The van der Waals surface area contributed by atoms with Crippen LogP contribution in [0.3, 0.4) is 0 Å². The number of carbonyl (C=O) groups excluding carboxylic acids is 1. The predicted molar refractivity (Wildman–Crippen MR) is 102 cm³/mol. The van der Waals surface area contributed by atoms with Gasteiger partial charge in [0.1, 0.15) is 0 Å². The number of nitrogens with zero attached hydrogens (tertiary/aromatic N) is 4. The maximum absolute atomic E-state index is 12.9. The summed E-state index contributed by atoms with van der Waals surface area (Å²) < 4.78 is 1.74. The number of para-hydroxylation sites is 1. The molecule has 1 aliphatic rings. The molecule has 27 heavy (non-hydrogen) atoms. The van der Waals surface area contributed by atoms with Crippen LogP contribution in [0.1, 0.15) is 35.2 Å². The fourth-order valence-corrected chi connectivity index (χ4v) is 3.63. The minimum absolute atomic E-state index is 0.0172. The predicted octanol–water partition coefficient (Wildman–Crippen LogP) is 2.19. The summed E-state index contributed by atoms with van der Waals surface area (Å²) >= 11 is 0. The molecule has 0 spiro atoms. The van der Waals surface area contributed by atoms with E-state index >= 15 is 0 Å². The Balaban J connectivity index is 1.66. The number of likely N-dealkylation sites (tertiary alicyclic amines) is 1. The van der Waals surface area contributed by atoms with Crippen molar-refractivity contribution >= 4 is 11.9 Å². The van der Waals surface area contributed by atoms with Crippen LogP contribution >= 0.6 is 0 Å². The molecule has 1 N–H and O–H groups in total. The second kappa shape index (κ2) is 8.35. The molecular weight excluding hydrogens is 344 g/mol. The third kappa shape index (κ3) is 4.54. The average molecular weight is 370 g/mol. The number of rotatable bonds is 5. The summed E-state index contributed by atoms with van der Waals surface area (Å²) in [5, 5.41) is 13.3. The largest absolute Gasteiger partial charge is 0.480 e. The quantitative estimate of drug-likeness (QED) is 0.873. The molecule has 2 heterocycles. The van der Waals surface area contributed by atoms with Crippen molar-refractivity contribution in [1.29, 1.82) is 0 Å². The number of hydrogen-bond acceptors (Lipinski definition) is 4. The van der Waals surface area contributed by atoms with E-state index in [2.05, 4.69) is 5.10 Å². The standard InChI is InChI=1S/C20H26N4O3/c1-15-6-3-4-8-18(15)24-13-16(12-21-24)20(27)23-10-5-7-17(9-11-23)22(2)14-19(25)26/h3-4,6,8,12-13,17H,5,7,9-11,14H2,1-2H3,(H,25,26). The van der Waals surface area contributed by atoms with Crippen molar-refractivity contribution in [2.75, 3.05) is 26.7 Å². The molecule has 0 bridgehead atoms. The van der Waals surface area contributed by atoms with Gasteiger partial charge in [0.15, 0.2) is 0 Å². The minimum atomic E-state index is -0.821. The minimum Gasteiger partial charge on any atom is -0.480 e. The highest BCUT2D eigenvalue weighted by Crippen LogP contribution is 2.19. The molecule has 3 rings (SSSR count). The maximum atomic E-state index is 12.9. The average Bonchev–Trinajstić information content (AvgIpc) is 2.98. The third-order valence-corrected chi connectivity index (χ3v) is 5.18. The lowest BCUT2D eigenvalue weighted by Crippen LogP contribution is -2.37. The first-order valence-corrected chi connectivity index (χ1v) is 9.27. The molecule has 1 fully saturated rings. The molecule has 1 amide bonds. The van der Waals surface area contributed by atoms with Gasteiger partial charge in [-0.2, -0.15) is 5.10 Å². The van der Waals surface area contributed by atoms with E-state index in [9.17, 15) is 9.59 Å². The number of amides is 1. The van der Waals surface area contributed by atoms with Crippen LogP contribution in [0, 0.1) is 6.92 Å². The Morgan fingerprint density at radius 2 is 2.04 bits per heavy atom. The second-order valence-electron chi connectivity index (χ2n) is 7.15. The monoisotopic (exact) mass is 370 g/mol. The summed E-state index contributed by atoms with van der Waals surface area (Å²) in [5.41, 5.74) is 2.64. The van der Waals surface area contributed by atoms with Gasteiger partial charge >= 0.3 is 5.97 Å². The molecule has 1 saturated heterocycles. The number of carboxylic acids is 1. The SMILES string of the molecule is Cc1ccccc1-n1cc(C(=O)N2CCCC(N(C)CC(=O)O)CC2)cn1. The van der Waals surface area contributed by atoms with Crippen molar-refractivity contribution in [3.05, 3.63) is 47.8 Å². The molecule has 144 valence electrons. The lowest BCUT2D eigenvalue weighted by molar-refractivity contribution is -0.138. The molecule has 1 aliphatic heterocycles.